The van der Waals surface area contributed by atoms with Gasteiger partial charge in [0.25, 0.3) is 0 Å². The molecule has 0 saturated heterocycles. The molecular weight excluding hydrogens is 270 g/mol. The fourth-order valence-electron chi connectivity index (χ4n) is 2.60. The number of ether oxygens (including phenoxy) is 1. The molecule has 0 aromatic heterocycles. The minimum atomic E-state index is 0.771. The fraction of sp³-hybridized carbons (Fsp3) is 0.100. The zero-order valence-corrected chi connectivity index (χ0v) is 12.6. The van der Waals surface area contributed by atoms with Gasteiger partial charge in [-0.15, -0.1) is 0 Å². The van der Waals surface area contributed by atoms with Gasteiger partial charge in [-0.1, -0.05) is 54.6 Å². The van der Waals surface area contributed by atoms with Crippen molar-refractivity contribution < 1.29 is 4.74 Å². The van der Waals surface area contributed by atoms with E-state index in [1.165, 1.54) is 22.3 Å². The third-order valence-corrected chi connectivity index (χ3v) is 3.75. The van der Waals surface area contributed by atoms with Gasteiger partial charge in [0.1, 0.15) is 5.75 Å². The van der Waals surface area contributed by atoms with Gasteiger partial charge >= 0.3 is 0 Å². The van der Waals surface area contributed by atoms with E-state index in [0.29, 0.717) is 0 Å². The van der Waals surface area contributed by atoms with Crippen LogP contribution in [0.25, 0.3) is 11.6 Å². The first-order chi connectivity index (χ1) is 10.8. The van der Waals surface area contributed by atoms with Gasteiger partial charge in [0.15, 0.2) is 0 Å². The molecule has 22 heavy (non-hydrogen) atoms. The van der Waals surface area contributed by atoms with E-state index < -0.39 is 0 Å². The zero-order valence-electron chi connectivity index (χ0n) is 12.6. The maximum Gasteiger partial charge on any atom is 0.118 e. The average Bonchev–Trinajstić information content (AvgIpc) is 2.56. The highest BCUT2D eigenvalue weighted by Gasteiger charge is 2.13. The molecule has 0 radical (unpaired) electrons. The Balaban J connectivity index is 2.00. The summed E-state index contributed by atoms with van der Waals surface area (Å²) in [5.41, 5.74) is 11.7. The van der Waals surface area contributed by atoms with E-state index >= 15 is 0 Å². The average molecular weight is 289 g/mol. The van der Waals surface area contributed by atoms with Gasteiger partial charge in [-0.05, 0) is 40.5 Å². The van der Waals surface area contributed by atoms with Crippen molar-refractivity contribution in [1.29, 1.82) is 0 Å². The Morgan fingerprint density at radius 2 is 1.68 bits per heavy atom. The summed E-state index contributed by atoms with van der Waals surface area (Å²) >= 11 is 0. The second-order valence-corrected chi connectivity index (χ2v) is 5.31. The van der Waals surface area contributed by atoms with E-state index in [-0.39, 0.29) is 0 Å². The molecule has 1 aliphatic carbocycles. The second-order valence-electron chi connectivity index (χ2n) is 5.31. The van der Waals surface area contributed by atoms with E-state index in [2.05, 4.69) is 36.4 Å². The zero-order chi connectivity index (χ0) is 15.4. The number of hydrogen-bond acceptors (Lipinski definition) is 2. The van der Waals surface area contributed by atoms with Gasteiger partial charge in [0, 0.05) is 12.1 Å². The summed E-state index contributed by atoms with van der Waals surface area (Å²) in [7, 11) is 1.68. The summed E-state index contributed by atoms with van der Waals surface area (Å²) in [6, 6.07) is 18.5. The SMILES string of the molecule is COc1ccc(C2=CC=C(N)CC2=Cc2ccccc2)cc1. The van der Waals surface area contributed by atoms with Crippen LogP contribution < -0.4 is 10.5 Å². The molecule has 0 saturated carbocycles. The highest BCUT2D eigenvalue weighted by molar-refractivity contribution is 5.87. The summed E-state index contributed by atoms with van der Waals surface area (Å²) < 4.78 is 5.23. The highest BCUT2D eigenvalue weighted by atomic mass is 16.5. The second kappa shape index (κ2) is 6.35. The lowest BCUT2D eigenvalue weighted by Gasteiger charge is -2.17. The minimum absolute atomic E-state index is 0.771. The largest absolute Gasteiger partial charge is 0.497 e. The molecule has 2 aromatic carbocycles. The maximum atomic E-state index is 6.02. The highest BCUT2D eigenvalue weighted by Crippen LogP contribution is 2.32. The van der Waals surface area contributed by atoms with E-state index in [9.17, 15) is 0 Å². The molecular formula is C20H19NO. The fourth-order valence-corrected chi connectivity index (χ4v) is 2.60. The third-order valence-electron chi connectivity index (χ3n) is 3.75. The van der Waals surface area contributed by atoms with Crippen LogP contribution in [0, 0.1) is 0 Å². The predicted octanol–water partition coefficient (Wildman–Crippen LogP) is 4.41. The van der Waals surface area contributed by atoms with Crippen LogP contribution in [0.2, 0.25) is 0 Å². The Hall–Kier alpha value is -2.74. The third kappa shape index (κ3) is 3.12. The lowest BCUT2D eigenvalue weighted by Crippen LogP contribution is -2.04. The first-order valence-electron chi connectivity index (χ1n) is 7.33. The normalized spacial score (nSPS) is 16.1. The first-order valence-corrected chi connectivity index (χ1v) is 7.33. The van der Waals surface area contributed by atoms with Gasteiger partial charge in [-0.3, -0.25) is 0 Å². The summed E-state index contributed by atoms with van der Waals surface area (Å²) in [5, 5.41) is 0. The molecule has 0 bridgehead atoms. The smallest absolute Gasteiger partial charge is 0.118 e. The quantitative estimate of drug-likeness (QED) is 0.908. The van der Waals surface area contributed by atoms with Crippen molar-refractivity contribution in [3.63, 3.8) is 0 Å². The van der Waals surface area contributed by atoms with Crippen molar-refractivity contribution >= 4 is 11.6 Å². The lowest BCUT2D eigenvalue weighted by atomic mass is 9.89. The number of rotatable bonds is 3. The molecule has 2 N–H and O–H groups in total. The Morgan fingerprint density at radius 1 is 0.955 bits per heavy atom. The lowest BCUT2D eigenvalue weighted by molar-refractivity contribution is 0.415. The first kappa shape index (κ1) is 14.2. The Labute approximate surface area is 131 Å². The van der Waals surface area contributed by atoms with Crippen LogP contribution in [0.15, 0.2) is 78.0 Å². The molecule has 3 rings (SSSR count). The van der Waals surface area contributed by atoms with Crippen LogP contribution in [-0.2, 0) is 0 Å². The van der Waals surface area contributed by atoms with Crippen LogP contribution in [-0.4, -0.2) is 7.11 Å². The molecule has 110 valence electrons. The number of hydrogen-bond donors (Lipinski definition) is 1. The van der Waals surface area contributed by atoms with E-state index in [4.69, 9.17) is 10.5 Å². The Morgan fingerprint density at radius 3 is 2.36 bits per heavy atom. The molecule has 0 fully saturated rings. The van der Waals surface area contributed by atoms with E-state index in [1.54, 1.807) is 7.11 Å². The van der Waals surface area contributed by atoms with Crippen molar-refractivity contribution in [3.8, 4) is 5.75 Å². The van der Waals surface area contributed by atoms with Gasteiger partial charge < -0.3 is 10.5 Å². The van der Waals surface area contributed by atoms with E-state index in [0.717, 1.165) is 17.9 Å². The standard InChI is InChI=1S/C20H19NO/c1-22-19-10-7-16(8-11-19)20-12-9-18(21)14-17(20)13-15-5-3-2-4-6-15/h2-13H,14,21H2,1H3. The summed E-state index contributed by atoms with van der Waals surface area (Å²) in [5.74, 6) is 0.865. The molecule has 1 aliphatic rings. The van der Waals surface area contributed by atoms with Gasteiger partial charge in [0.05, 0.1) is 7.11 Å². The molecule has 0 heterocycles. The van der Waals surface area contributed by atoms with Crippen LogP contribution in [0.1, 0.15) is 17.5 Å². The van der Waals surface area contributed by atoms with Crippen molar-refractivity contribution in [2.24, 2.45) is 5.73 Å². The molecule has 2 heteroatoms. The molecule has 0 unspecified atom stereocenters. The molecule has 0 spiro atoms. The molecule has 0 aliphatic heterocycles. The Kier molecular flexibility index (Phi) is 4.10. The minimum Gasteiger partial charge on any atom is -0.497 e. The van der Waals surface area contributed by atoms with Crippen molar-refractivity contribution in [1.82, 2.24) is 0 Å². The molecule has 0 amide bonds. The molecule has 2 nitrogen and oxygen atoms in total. The van der Waals surface area contributed by atoms with Gasteiger partial charge in [0.2, 0.25) is 0 Å². The monoisotopic (exact) mass is 289 g/mol. The van der Waals surface area contributed by atoms with Crippen LogP contribution in [0.5, 0.6) is 5.75 Å². The number of nitrogens with two attached hydrogens (primary N) is 1. The number of methoxy groups -OCH3 is 1. The summed E-state index contributed by atoms with van der Waals surface area (Å²) in [6.45, 7) is 0. The number of allylic oxidation sites excluding steroid dienone is 4. The van der Waals surface area contributed by atoms with Crippen molar-refractivity contribution in [3.05, 3.63) is 89.1 Å². The molecule has 0 atom stereocenters. The van der Waals surface area contributed by atoms with Crippen molar-refractivity contribution in [2.75, 3.05) is 7.11 Å². The predicted molar refractivity (Wildman–Crippen MR) is 92.3 cm³/mol. The Bertz CT molecular complexity index is 737. The summed E-state index contributed by atoms with van der Waals surface area (Å²) in [4.78, 5) is 0. The number of benzene rings is 2. The van der Waals surface area contributed by atoms with Crippen molar-refractivity contribution in [2.45, 2.75) is 6.42 Å². The molecule has 2 aromatic rings. The van der Waals surface area contributed by atoms with Crippen LogP contribution in [0.3, 0.4) is 0 Å². The van der Waals surface area contributed by atoms with E-state index in [1.807, 2.05) is 36.4 Å². The van der Waals surface area contributed by atoms with Crippen LogP contribution >= 0.6 is 0 Å². The topological polar surface area (TPSA) is 35.2 Å². The summed E-state index contributed by atoms with van der Waals surface area (Å²) in [6.07, 6.45) is 7.06. The maximum absolute atomic E-state index is 6.02. The van der Waals surface area contributed by atoms with Crippen LogP contribution in [0.4, 0.5) is 0 Å². The van der Waals surface area contributed by atoms with Gasteiger partial charge in [-0.2, -0.15) is 0 Å². The van der Waals surface area contributed by atoms with Gasteiger partial charge in [-0.25, -0.2) is 0 Å².